The lowest BCUT2D eigenvalue weighted by Gasteiger charge is -2.13. The number of rotatable bonds is 4. The fraction of sp³-hybridized carbons (Fsp3) is 0.200. The van der Waals surface area contributed by atoms with Crippen LogP contribution in [-0.4, -0.2) is 29.0 Å². The van der Waals surface area contributed by atoms with E-state index in [2.05, 4.69) is 25.0 Å². The molecule has 0 bridgehead atoms. The highest BCUT2D eigenvalue weighted by Crippen LogP contribution is 2.34. The van der Waals surface area contributed by atoms with E-state index < -0.39 is 29.2 Å². The molecule has 0 spiro atoms. The van der Waals surface area contributed by atoms with Gasteiger partial charge in [-0.3, -0.25) is 14.6 Å². The molecule has 8 nitrogen and oxygen atoms in total. The molecular weight excluding hydrogens is 355 g/mol. The molecule has 0 amide bonds. The van der Waals surface area contributed by atoms with E-state index in [0.29, 0.717) is 0 Å². The van der Waals surface area contributed by atoms with Gasteiger partial charge in [-0.05, 0) is 12.1 Å². The van der Waals surface area contributed by atoms with Crippen molar-refractivity contribution in [2.45, 2.75) is 12.6 Å². The summed E-state index contributed by atoms with van der Waals surface area (Å²) in [5.74, 6) is -1.32. The number of H-pyrrole nitrogens is 1. The number of carbonyl (C=O) groups is 1. The number of hydrogen-bond acceptors (Lipinski definition) is 5. The summed E-state index contributed by atoms with van der Waals surface area (Å²) in [5, 5.41) is 2.31. The van der Waals surface area contributed by atoms with Crippen molar-refractivity contribution >= 4 is 23.6 Å². The lowest BCUT2D eigenvalue weighted by atomic mass is 10.1. The second-order valence-electron chi connectivity index (χ2n) is 4.98. The van der Waals surface area contributed by atoms with Crippen LogP contribution >= 0.6 is 0 Å². The number of alkyl halides is 3. The summed E-state index contributed by atoms with van der Waals surface area (Å²) in [6.45, 7) is 0. The molecule has 1 heterocycles. The van der Waals surface area contributed by atoms with E-state index in [1.807, 2.05) is 0 Å². The highest BCUT2D eigenvalue weighted by molar-refractivity contribution is 5.94. The first-order chi connectivity index (χ1) is 12.2. The molecule has 1 aromatic carbocycles. The Morgan fingerprint density at radius 1 is 1.38 bits per heavy atom. The Labute approximate surface area is 144 Å². The van der Waals surface area contributed by atoms with Gasteiger partial charge in [0.05, 0.1) is 30.5 Å². The van der Waals surface area contributed by atoms with Crippen molar-refractivity contribution in [2.24, 2.45) is 10.7 Å². The van der Waals surface area contributed by atoms with E-state index in [0.717, 1.165) is 12.1 Å². The van der Waals surface area contributed by atoms with E-state index in [9.17, 15) is 22.8 Å². The minimum absolute atomic E-state index is 0.0721. The number of halogens is 3. The Morgan fingerprint density at radius 3 is 2.73 bits per heavy atom. The van der Waals surface area contributed by atoms with Gasteiger partial charge in [0.2, 0.25) is 11.9 Å². The molecule has 1 aromatic heterocycles. The number of anilines is 1. The number of aromatic amines is 1. The van der Waals surface area contributed by atoms with Crippen molar-refractivity contribution in [2.75, 3.05) is 12.4 Å². The van der Waals surface area contributed by atoms with E-state index >= 15 is 0 Å². The number of nitrogens with two attached hydrogens (primary N) is 1. The molecule has 26 heavy (non-hydrogen) atoms. The minimum atomic E-state index is -4.59. The lowest BCUT2D eigenvalue weighted by molar-refractivity contribution is -0.140. The fourth-order valence-electron chi connectivity index (χ4n) is 1.98. The topological polar surface area (TPSA) is 122 Å². The number of nitrogens with zero attached hydrogens (tertiary/aromatic N) is 2. The van der Waals surface area contributed by atoms with Crippen molar-refractivity contribution < 1.29 is 22.7 Å². The Morgan fingerprint density at radius 2 is 2.08 bits per heavy atom. The van der Waals surface area contributed by atoms with Gasteiger partial charge >= 0.3 is 12.1 Å². The van der Waals surface area contributed by atoms with Crippen LogP contribution in [0.2, 0.25) is 0 Å². The average Bonchev–Trinajstić information content (AvgIpc) is 2.53. The van der Waals surface area contributed by atoms with Crippen LogP contribution in [-0.2, 0) is 22.1 Å². The number of carbonyl (C=O) groups excluding carboxylic acids is 1. The number of hydrogen-bond donors (Lipinski definition) is 3. The Hall–Kier alpha value is -3.37. The van der Waals surface area contributed by atoms with Crippen molar-refractivity contribution in [3.05, 3.63) is 51.9 Å². The molecule has 138 valence electrons. The Kier molecular flexibility index (Phi) is 5.60. The molecule has 0 unspecified atom stereocenters. The zero-order valence-electron chi connectivity index (χ0n) is 13.4. The molecule has 2 rings (SSSR count). The van der Waals surface area contributed by atoms with Gasteiger partial charge in [0.1, 0.15) is 0 Å². The standard InChI is InChI=1S/C15H14F3N5O3/c1-26-12(25)7-8-6-11(24)22-14(20-8)23-13(19)21-10-5-3-2-4-9(10)15(16,17)18/h2-6H,7H2,1H3,(H4,19,20,21,22,23,24). The van der Waals surface area contributed by atoms with Crippen molar-refractivity contribution in [1.82, 2.24) is 9.97 Å². The largest absolute Gasteiger partial charge is 0.469 e. The van der Waals surface area contributed by atoms with Crippen LogP contribution in [0.5, 0.6) is 0 Å². The van der Waals surface area contributed by atoms with Crippen LogP contribution in [0, 0.1) is 0 Å². The van der Waals surface area contributed by atoms with Gasteiger partial charge < -0.3 is 15.8 Å². The van der Waals surface area contributed by atoms with Gasteiger partial charge in [-0.1, -0.05) is 12.1 Å². The maximum atomic E-state index is 13.0. The molecule has 0 aliphatic heterocycles. The third kappa shape index (κ3) is 5.06. The molecule has 0 radical (unpaired) electrons. The number of benzene rings is 1. The van der Waals surface area contributed by atoms with Gasteiger partial charge in [-0.15, -0.1) is 0 Å². The van der Waals surface area contributed by atoms with Crippen molar-refractivity contribution in [3.8, 4) is 0 Å². The zero-order valence-corrected chi connectivity index (χ0v) is 13.4. The third-order valence-corrected chi connectivity index (χ3v) is 3.06. The van der Waals surface area contributed by atoms with Crippen molar-refractivity contribution in [3.63, 3.8) is 0 Å². The Bertz CT molecular complexity index is 893. The molecule has 0 aliphatic carbocycles. The first kappa shape index (κ1) is 19.0. The smallest absolute Gasteiger partial charge is 0.418 e. The fourth-order valence-corrected chi connectivity index (χ4v) is 1.98. The van der Waals surface area contributed by atoms with Gasteiger partial charge in [0, 0.05) is 6.07 Å². The van der Waals surface area contributed by atoms with Gasteiger partial charge in [-0.2, -0.15) is 18.2 Å². The first-order valence-corrected chi connectivity index (χ1v) is 7.13. The number of esters is 1. The van der Waals surface area contributed by atoms with E-state index in [-0.39, 0.29) is 23.8 Å². The molecule has 0 aliphatic rings. The molecule has 0 atom stereocenters. The first-order valence-electron chi connectivity index (χ1n) is 7.13. The SMILES string of the molecule is COC(=O)Cc1cc(=O)[nH]c(N=C(N)Nc2ccccc2C(F)(F)F)n1. The average molecular weight is 369 g/mol. The number of methoxy groups -OCH3 is 1. The third-order valence-electron chi connectivity index (χ3n) is 3.06. The molecule has 2 aromatic rings. The highest BCUT2D eigenvalue weighted by Gasteiger charge is 2.33. The highest BCUT2D eigenvalue weighted by atomic mass is 19.4. The summed E-state index contributed by atoms with van der Waals surface area (Å²) in [6.07, 6.45) is -4.86. The normalized spacial score (nSPS) is 11.9. The molecule has 11 heteroatoms. The van der Waals surface area contributed by atoms with E-state index in [1.165, 1.54) is 25.3 Å². The van der Waals surface area contributed by atoms with Gasteiger partial charge in [0.15, 0.2) is 0 Å². The molecule has 0 saturated heterocycles. The monoisotopic (exact) mass is 369 g/mol. The van der Waals surface area contributed by atoms with Crippen LogP contribution in [0.25, 0.3) is 0 Å². The van der Waals surface area contributed by atoms with Crippen LogP contribution in [0.15, 0.2) is 40.1 Å². The number of ether oxygens (including phenoxy) is 1. The molecular formula is C15H14F3N5O3. The maximum Gasteiger partial charge on any atom is 0.418 e. The van der Waals surface area contributed by atoms with Crippen LogP contribution < -0.4 is 16.6 Å². The summed E-state index contributed by atoms with van der Waals surface area (Å²) >= 11 is 0. The summed E-state index contributed by atoms with van der Waals surface area (Å²) < 4.78 is 43.4. The summed E-state index contributed by atoms with van der Waals surface area (Å²) in [6, 6.07) is 5.75. The molecule has 0 fully saturated rings. The second-order valence-corrected chi connectivity index (χ2v) is 4.98. The van der Waals surface area contributed by atoms with E-state index in [4.69, 9.17) is 5.73 Å². The van der Waals surface area contributed by atoms with Gasteiger partial charge in [0.25, 0.3) is 5.56 Å². The predicted molar refractivity (Wildman–Crippen MR) is 86.9 cm³/mol. The quantitative estimate of drug-likeness (QED) is 0.427. The van der Waals surface area contributed by atoms with Gasteiger partial charge in [-0.25, -0.2) is 4.98 Å². The molecule has 4 N–H and O–H groups in total. The number of nitrogens with one attached hydrogen (secondary N) is 2. The van der Waals surface area contributed by atoms with Crippen LogP contribution in [0.4, 0.5) is 24.8 Å². The minimum Gasteiger partial charge on any atom is -0.469 e. The van der Waals surface area contributed by atoms with Crippen LogP contribution in [0.3, 0.4) is 0 Å². The number of guanidine groups is 1. The number of aromatic nitrogens is 2. The maximum absolute atomic E-state index is 13.0. The second kappa shape index (κ2) is 7.68. The number of para-hydroxylation sites is 1. The molecule has 0 saturated carbocycles. The summed E-state index contributed by atoms with van der Waals surface area (Å²) in [5.41, 5.74) is 3.82. The van der Waals surface area contributed by atoms with E-state index in [1.54, 1.807) is 0 Å². The number of aliphatic imine (C=N–C) groups is 1. The van der Waals surface area contributed by atoms with Crippen molar-refractivity contribution in [1.29, 1.82) is 0 Å². The lowest BCUT2D eigenvalue weighted by Crippen LogP contribution is -2.24. The zero-order chi connectivity index (χ0) is 19.3. The predicted octanol–water partition coefficient (Wildman–Crippen LogP) is 1.56. The summed E-state index contributed by atoms with van der Waals surface area (Å²) in [7, 11) is 1.18. The summed E-state index contributed by atoms with van der Waals surface area (Å²) in [4.78, 5) is 32.7. The Balaban J connectivity index is 2.28. The van der Waals surface area contributed by atoms with Crippen LogP contribution in [0.1, 0.15) is 11.3 Å².